The van der Waals surface area contributed by atoms with Crippen LogP contribution >= 0.6 is 11.6 Å². The van der Waals surface area contributed by atoms with Crippen molar-refractivity contribution in [3.05, 3.63) is 58.9 Å². The maximum Gasteiger partial charge on any atom is 0.338 e. The van der Waals surface area contributed by atoms with E-state index >= 15 is 0 Å². The molecule has 0 saturated carbocycles. The third-order valence-electron chi connectivity index (χ3n) is 5.62. The van der Waals surface area contributed by atoms with Gasteiger partial charge in [0.1, 0.15) is 5.82 Å². The van der Waals surface area contributed by atoms with Crippen molar-refractivity contribution in [2.45, 2.75) is 12.8 Å². The Morgan fingerprint density at radius 3 is 2.19 bits per heavy atom. The smallest absolute Gasteiger partial charge is 0.338 e. The summed E-state index contributed by atoms with van der Waals surface area (Å²) in [5.74, 6) is -1.91. The molecule has 0 aliphatic carbocycles. The number of piperidine rings is 1. The van der Waals surface area contributed by atoms with E-state index in [1.807, 2.05) is 12.1 Å². The first-order valence-corrected chi connectivity index (χ1v) is 9.12. The van der Waals surface area contributed by atoms with Gasteiger partial charge in [-0.1, -0.05) is 11.6 Å². The van der Waals surface area contributed by atoms with Gasteiger partial charge in [0.15, 0.2) is 0 Å². The van der Waals surface area contributed by atoms with Crippen LogP contribution in [0.4, 0.5) is 15.8 Å². The van der Waals surface area contributed by atoms with Gasteiger partial charge in [-0.25, -0.2) is 9.18 Å². The zero-order valence-electron chi connectivity index (χ0n) is 14.3. The normalized spacial score (nSPS) is 18.7. The fourth-order valence-electron chi connectivity index (χ4n) is 4.03. The van der Waals surface area contributed by atoms with E-state index in [0.717, 1.165) is 49.7 Å². The highest BCUT2D eigenvalue weighted by atomic mass is 35.5. The lowest BCUT2D eigenvalue weighted by Gasteiger charge is -2.55. The molecule has 4 rings (SSSR count). The standard InChI is InChI=1S/C20H20ClFN2O2/c21-14-1-3-15(4-2-14)23-9-7-20(8-10-23)12-24(13-20)16-5-6-17(19(25)26)18(22)11-16/h1-6,11H,7-10,12-13H2,(H,25,26). The van der Waals surface area contributed by atoms with Gasteiger partial charge in [0.25, 0.3) is 0 Å². The molecule has 2 aromatic rings. The number of benzene rings is 2. The highest BCUT2D eigenvalue weighted by Gasteiger charge is 2.45. The predicted molar refractivity (Wildman–Crippen MR) is 101 cm³/mol. The molecule has 6 heteroatoms. The molecule has 2 aromatic carbocycles. The summed E-state index contributed by atoms with van der Waals surface area (Å²) in [5.41, 5.74) is 1.97. The van der Waals surface area contributed by atoms with Crippen LogP contribution in [0.25, 0.3) is 0 Å². The molecule has 1 N–H and O–H groups in total. The summed E-state index contributed by atoms with van der Waals surface area (Å²) in [4.78, 5) is 15.4. The van der Waals surface area contributed by atoms with Crippen LogP contribution in [0.5, 0.6) is 0 Å². The van der Waals surface area contributed by atoms with Gasteiger partial charge < -0.3 is 14.9 Å². The number of rotatable bonds is 3. The first-order valence-electron chi connectivity index (χ1n) is 8.74. The van der Waals surface area contributed by atoms with E-state index in [1.54, 1.807) is 6.07 Å². The summed E-state index contributed by atoms with van der Waals surface area (Å²) in [5, 5.41) is 9.68. The van der Waals surface area contributed by atoms with Crippen molar-refractivity contribution in [3.8, 4) is 0 Å². The number of carbonyl (C=O) groups is 1. The van der Waals surface area contributed by atoms with Crippen molar-refractivity contribution in [3.63, 3.8) is 0 Å². The molecule has 0 bridgehead atoms. The summed E-state index contributed by atoms with van der Waals surface area (Å²) in [6.07, 6.45) is 2.20. The van der Waals surface area contributed by atoms with Gasteiger partial charge in [0.2, 0.25) is 0 Å². The summed E-state index contributed by atoms with van der Waals surface area (Å²) in [7, 11) is 0. The van der Waals surface area contributed by atoms with E-state index in [-0.39, 0.29) is 11.0 Å². The molecule has 2 aliphatic rings. The lowest BCUT2D eigenvalue weighted by atomic mass is 9.71. The van der Waals surface area contributed by atoms with Crippen LogP contribution in [0, 0.1) is 11.2 Å². The minimum absolute atomic E-state index is 0.278. The largest absolute Gasteiger partial charge is 0.478 e. The first kappa shape index (κ1) is 17.2. The minimum atomic E-state index is -1.23. The second-order valence-electron chi connectivity index (χ2n) is 7.29. The van der Waals surface area contributed by atoms with Gasteiger partial charge >= 0.3 is 5.97 Å². The lowest BCUT2D eigenvalue weighted by Crippen LogP contribution is -2.60. The number of halogens is 2. The average molecular weight is 375 g/mol. The van der Waals surface area contributed by atoms with Gasteiger partial charge in [-0.05, 0) is 55.3 Å². The minimum Gasteiger partial charge on any atom is -0.478 e. The molecular weight excluding hydrogens is 355 g/mol. The van der Waals surface area contributed by atoms with Gasteiger partial charge in [-0.15, -0.1) is 0 Å². The molecule has 2 fully saturated rings. The van der Waals surface area contributed by atoms with Crippen molar-refractivity contribution in [2.24, 2.45) is 5.41 Å². The monoisotopic (exact) mass is 374 g/mol. The van der Waals surface area contributed by atoms with Crippen molar-refractivity contribution >= 4 is 28.9 Å². The molecule has 0 unspecified atom stereocenters. The quantitative estimate of drug-likeness (QED) is 0.870. The number of carboxylic acids is 1. The second-order valence-corrected chi connectivity index (χ2v) is 7.73. The van der Waals surface area contributed by atoms with Gasteiger partial charge in [0, 0.05) is 48.0 Å². The SMILES string of the molecule is O=C(O)c1ccc(N2CC3(CCN(c4ccc(Cl)cc4)CC3)C2)cc1F. The Morgan fingerprint density at radius 1 is 1.00 bits per heavy atom. The Labute approximate surface area is 156 Å². The highest BCUT2D eigenvalue weighted by Crippen LogP contribution is 2.43. The Bertz CT molecular complexity index is 824. The molecule has 136 valence electrons. The van der Waals surface area contributed by atoms with E-state index in [4.69, 9.17) is 16.7 Å². The van der Waals surface area contributed by atoms with E-state index < -0.39 is 11.8 Å². The third-order valence-corrected chi connectivity index (χ3v) is 5.87. The highest BCUT2D eigenvalue weighted by molar-refractivity contribution is 6.30. The molecule has 4 nitrogen and oxygen atoms in total. The summed E-state index contributed by atoms with van der Waals surface area (Å²) in [6, 6.07) is 12.3. The fourth-order valence-corrected chi connectivity index (χ4v) is 4.15. The maximum atomic E-state index is 13.9. The number of anilines is 2. The van der Waals surface area contributed by atoms with Crippen LogP contribution in [0.3, 0.4) is 0 Å². The number of carboxylic acid groups (broad SMARTS) is 1. The molecular formula is C20H20ClFN2O2. The summed E-state index contributed by atoms with van der Waals surface area (Å²) >= 11 is 5.96. The van der Waals surface area contributed by atoms with Crippen LogP contribution < -0.4 is 9.80 Å². The molecule has 0 amide bonds. The third kappa shape index (κ3) is 3.12. The molecule has 2 saturated heterocycles. The molecule has 2 heterocycles. The topological polar surface area (TPSA) is 43.8 Å². The predicted octanol–water partition coefficient (Wildman–Crippen LogP) is 4.28. The first-order chi connectivity index (χ1) is 12.5. The number of nitrogens with zero attached hydrogens (tertiary/aromatic N) is 2. The van der Waals surface area contributed by atoms with E-state index in [9.17, 15) is 9.18 Å². The second kappa shape index (κ2) is 6.47. The van der Waals surface area contributed by atoms with Crippen LogP contribution in [0.2, 0.25) is 5.02 Å². The zero-order valence-corrected chi connectivity index (χ0v) is 15.0. The molecule has 26 heavy (non-hydrogen) atoms. The fraction of sp³-hybridized carbons (Fsp3) is 0.350. The Kier molecular flexibility index (Phi) is 4.27. The molecule has 0 atom stereocenters. The summed E-state index contributed by atoms with van der Waals surface area (Å²) < 4.78 is 13.9. The van der Waals surface area contributed by atoms with E-state index in [1.165, 1.54) is 17.8 Å². The van der Waals surface area contributed by atoms with Gasteiger partial charge in [0.05, 0.1) is 5.56 Å². The van der Waals surface area contributed by atoms with Crippen LogP contribution in [0.1, 0.15) is 23.2 Å². The Hall–Kier alpha value is -2.27. The van der Waals surface area contributed by atoms with Gasteiger partial charge in [-0.2, -0.15) is 0 Å². The Balaban J connectivity index is 1.37. The van der Waals surface area contributed by atoms with Crippen molar-refractivity contribution in [1.29, 1.82) is 0 Å². The van der Waals surface area contributed by atoms with Crippen molar-refractivity contribution in [1.82, 2.24) is 0 Å². The van der Waals surface area contributed by atoms with Crippen LogP contribution in [-0.2, 0) is 0 Å². The molecule has 2 aliphatic heterocycles. The molecule has 0 aromatic heterocycles. The summed E-state index contributed by atoms with van der Waals surface area (Å²) in [6.45, 7) is 3.80. The van der Waals surface area contributed by atoms with E-state index in [0.29, 0.717) is 0 Å². The lowest BCUT2D eigenvalue weighted by molar-refractivity contribution is 0.0692. The zero-order chi connectivity index (χ0) is 18.3. The maximum absolute atomic E-state index is 13.9. The number of aromatic carboxylic acids is 1. The number of hydrogen-bond acceptors (Lipinski definition) is 3. The van der Waals surface area contributed by atoms with E-state index in [2.05, 4.69) is 21.9 Å². The molecule has 1 spiro atoms. The van der Waals surface area contributed by atoms with Crippen LogP contribution in [-0.4, -0.2) is 37.3 Å². The molecule has 0 radical (unpaired) electrons. The number of hydrogen-bond donors (Lipinski definition) is 1. The Morgan fingerprint density at radius 2 is 1.62 bits per heavy atom. The average Bonchev–Trinajstić information content (AvgIpc) is 2.60. The van der Waals surface area contributed by atoms with Gasteiger partial charge in [-0.3, -0.25) is 0 Å². The van der Waals surface area contributed by atoms with Crippen LogP contribution in [0.15, 0.2) is 42.5 Å². The van der Waals surface area contributed by atoms with Crippen molar-refractivity contribution < 1.29 is 14.3 Å². The van der Waals surface area contributed by atoms with Crippen molar-refractivity contribution in [2.75, 3.05) is 36.0 Å².